The van der Waals surface area contributed by atoms with Crippen molar-refractivity contribution < 1.29 is 0 Å². The Morgan fingerprint density at radius 3 is 2.62 bits per heavy atom. The summed E-state index contributed by atoms with van der Waals surface area (Å²) in [6, 6.07) is 12.5. The number of aryl methyl sites for hydroxylation is 3. The van der Waals surface area contributed by atoms with E-state index in [0.29, 0.717) is 0 Å². The second-order valence-electron chi connectivity index (χ2n) is 5.18. The van der Waals surface area contributed by atoms with Gasteiger partial charge in [-0.2, -0.15) is 5.10 Å². The lowest BCUT2D eigenvalue weighted by Crippen LogP contribution is -1.94. The van der Waals surface area contributed by atoms with Crippen LogP contribution in [-0.2, 0) is 5.75 Å². The minimum atomic E-state index is 0.876. The van der Waals surface area contributed by atoms with Crippen molar-refractivity contribution >= 4 is 22.7 Å². The van der Waals surface area contributed by atoms with E-state index >= 15 is 0 Å². The molecule has 0 N–H and O–H groups in total. The van der Waals surface area contributed by atoms with Crippen LogP contribution >= 0.6 is 11.8 Å². The molecule has 0 atom stereocenters. The summed E-state index contributed by atoms with van der Waals surface area (Å²) in [6.45, 7) is 6.09. The van der Waals surface area contributed by atoms with Crippen LogP contribution in [0.25, 0.3) is 10.9 Å². The molecule has 0 saturated heterocycles. The Labute approximate surface area is 128 Å². The van der Waals surface area contributed by atoms with Crippen LogP contribution in [-0.4, -0.2) is 15.2 Å². The SMILES string of the molecule is Cc1cc(CSc2cc(C)c(C)nn2)c2ccccc2n1. The van der Waals surface area contributed by atoms with Crippen LogP contribution in [0, 0.1) is 20.8 Å². The molecular formula is C17H17N3S. The van der Waals surface area contributed by atoms with Crippen molar-refractivity contribution in [2.45, 2.75) is 31.6 Å². The first-order valence-electron chi connectivity index (χ1n) is 6.92. The van der Waals surface area contributed by atoms with Crippen molar-refractivity contribution in [2.75, 3.05) is 0 Å². The van der Waals surface area contributed by atoms with E-state index in [0.717, 1.165) is 27.7 Å². The summed E-state index contributed by atoms with van der Waals surface area (Å²) in [7, 11) is 0. The van der Waals surface area contributed by atoms with Crippen molar-refractivity contribution in [3.8, 4) is 0 Å². The summed E-state index contributed by atoms with van der Waals surface area (Å²) < 4.78 is 0. The van der Waals surface area contributed by atoms with Crippen molar-refractivity contribution in [2.24, 2.45) is 0 Å². The third kappa shape index (κ3) is 3.05. The van der Waals surface area contributed by atoms with Crippen LogP contribution in [0.3, 0.4) is 0 Å². The van der Waals surface area contributed by atoms with Gasteiger partial charge >= 0.3 is 0 Å². The zero-order chi connectivity index (χ0) is 14.8. The van der Waals surface area contributed by atoms with Gasteiger partial charge in [-0.15, -0.1) is 5.10 Å². The number of nitrogens with zero attached hydrogens (tertiary/aromatic N) is 3. The maximum atomic E-state index is 4.58. The number of para-hydroxylation sites is 1. The van der Waals surface area contributed by atoms with Crippen molar-refractivity contribution in [3.63, 3.8) is 0 Å². The third-order valence-corrected chi connectivity index (χ3v) is 4.47. The van der Waals surface area contributed by atoms with E-state index in [1.54, 1.807) is 11.8 Å². The Kier molecular flexibility index (Phi) is 3.88. The minimum Gasteiger partial charge on any atom is -0.253 e. The minimum absolute atomic E-state index is 0.876. The Hall–Kier alpha value is -1.94. The molecule has 0 spiro atoms. The van der Waals surface area contributed by atoms with Gasteiger partial charge in [0.25, 0.3) is 0 Å². The second kappa shape index (κ2) is 5.82. The van der Waals surface area contributed by atoms with E-state index in [4.69, 9.17) is 0 Å². The fourth-order valence-electron chi connectivity index (χ4n) is 2.26. The first-order valence-corrected chi connectivity index (χ1v) is 7.91. The normalized spacial score (nSPS) is 11.0. The molecular weight excluding hydrogens is 278 g/mol. The molecule has 4 heteroatoms. The number of benzene rings is 1. The summed E-state index contributed by atoms with van der Waals surface area (Å²) in [4.78, 5) is 4.58. The molecule has 0 fully saturated rings. The van der Waals surface area contributed by atoms with Gasteiger partial charge in [0, 0.05) is 16.8 Å². The molecule has 0 unspecified atom stereocenters. The predicted octanol–water partition coefficient (Wildman–Crippen LogP) is 4.24. The van der Waals surface area contributed by atoms with E-state index in [-0.39, 0.29) is 0 Å². The second-order valence-corrected chi connectivity index (χ2v) is 6.18. The zero-order valence-electron chi connectivity index (χ0n) is 12.4. The quantitative estimate of drug-likeness (QED) is 0.677. The lowest BCUT2D eigenvalue weighted by Gasteiger charge is -2.08. The molecule has 0 aliphatic rings. The number of hydrogen-bond acceptors (Lipinski definition) is 4. The topological polar surface area (TPSA) is 38.7 Å². The van der Waals surface area contributed by atoms with E-state index in [2.05, 4.69) is 52.4 Å². The molecule has 0 radical (unpaired) electrons. The molecule has 106 valence electrons. The van der Waals surface area contributed by atoms with Crippen LogP contribution in [0.2, 0.25) is 0 Å². The number of pyridine rings is 1. The van der Waals surface area contributed by atoms with Crippen LogP contribution in [0.4, 0.5) is 0 Å². The van der Waals surface area contributed by atoms with E-state index in [1.807, 2.05) is 19.9 Å². The van der Waals surface area contributed by atoms with Gasteiger partial charge in [-0.3, -0.25) is 4.98 Å². The zero-order valence-corrected chi connectivity index (χ0v) is 13.2. The first-order chi connectivity index (χ1) is 10.1. The first kappa shape index (κ1) is 14.0. The number of aromatic nitrogens is 3. The van der Waals surface area contributed by atoms with Gasteiger partial charge < -0.3 is 0 Å². The summed E-state index contributed by atoms with van der Waals surface area (Å²) in [5.74, 6) is 0.876. The highest BCUT2D eigenvalue weighted by atomic mass is 32.2. The Morgan fingerprint density at radius 1 is 1.00 bits per heavy atom. The van der Waals surface area contributed by atoms with Crippen LogP contribution in [0.15, 0.2) is 41.4 Å². The van der Waals surface area contributed by atoms with Crippen LogP contribution in [0.1, 0.15) is 22.5 Å². The monoisotopic (exact) mass is 295 g/mol. The highest BCUT2D eigenvalue weighted by Gasteiger charge is 2.06. The highest BCUT2D eigenvalue weighted by Crippen LogP contribution is 2.26. The maximum absolute atomic E-state index is 4.58. The third-order valence-electron chi connectivity index (χ3n) is 3.51. The molecule has 2 aromatic heterocycles. The Morgan fingerprint density at radius 2 is 1.81 bits per heavy atom. The molecule has 0 aliphatic heterocycles. The molecule has 0 amide bonds. The predicted molar refractivity (Wildman–Crippen MR) is 87.5 cm³/mol. The standard InChI is InChI=1S/C17H17N3S/c1-11-8-17(20-19-13(11)3)21-10-14-9-12(2)18-16-7-5-4-6-15(14)16/h4-9H,10H2,1-3H3. The van der Waals surface area contributed by atoms with E-state index < -0.39 is 0 Å². The lowest BCUT2D eigenvalue weighted by molar-refractivity contribution is 0.880. The lowest BCUT2D eigenvalue weighted by atomic mass is 10.1. The van der Waals surface area contributed by atoms with Gasteiger partial charge in [-0.1, -0.05) is 30.0 Å². The average Bonchev–Trinajstić information content (AvgIpc) is 2.48. The maximum Gasteiger partial charge on any atom is 0.119 e. The molecule has 3 nitrogen and oxygen atoms in total. The molecule has 2 heterocycles. The smallest absolute Gasteiger partial charge is 0.119 e. The summed E-state index contributed by atoms with van der Waals surface area (Å²) in [5, 5.41) is 10.6. The van der Waals surface area contributed by atoms with Gasteiger partial charge in [-0.05, 0) is 50.1 Å². The molecule has 0 bridgehead atoms. The summed E-state index contributed by atoms with van der Waals surface area (Å²) in [6.07, 6.45) is 0. The van der Waals surface area contributed by atoms with Crippen LogP contribution in [0.5, 0.6) is 0 Å². The van der Waals surface area contributed by atoms with Gasteiger partial charge in [0.05, 0.1) is 11.2 Å². The fourth-order valence-corrected chi connectivity index (χ4v) is 3.16. The average molecular weight is 295 g/mol. The van der Waals surface area contributed by atoms with Crippen molar-refractivity contribution in [1.82, 2.24) is 15.2 Å². The molecule has 0 saturated carbocycles. The highest BCUT2D eigenvalue weighted by molar-refractivity contribution is 7.98. The number of hydrogen-bond donors (Lipinski definition) is 0. The molecule has 21 heavy (non-hydrogen) atoms. The van der Waals surface area contributed by atoms with Gasteiger partial charge in [0.15, 0.2) is 0 Å². The van der Waals surface area contributed by atoms with Gasteiger partial charge in [-0.25, -0.2) is 0 Å². The van der Waals surface area contributed by atoms with Crippen LogP contribution < -0.4 is 0 Å². The number of thioether (sulfide) groups is 1. The van der Waals surface area contributed by atoms with Crippen molar-refractivity contribution in [1.29, 1.82) is 0 Å². The number of fused-ring (bicyclic) bond motifs is 1. The van der Waals surface area contributed by atoms with E-state index in [9.17, 15) is 0 Å². The van der Waals surface area contributed by atoms with E-state index in [1.165, 1.54) is 16.5 Å². The summed E-state index contributed by atoms with van der Waals surface area (Å²) >= 11 is 1.72. The van der Waals surface area contributed by atoms with Crippen molar-refractivity contribution in [3.05, 3.63) is 58.9 Å². The molecule has 3 aromatic rings. The largest absolute Gasteiger partial charge is 0.253 e. The molecule has 0 aliphatic carbocycles. The number of rotatable bonds is 3. The fraction of sp³-hybridized carbons (Fsp3) is 0.235. The van der Waals surface area contributed by atoms with Gasteiger partial charge in [0.2, 0.25) is 0 Å². The summed E-state index contributed by atoms with van der Waals surface area (Å²) in [5.41, 5.74) is 5.57. The Balaban J connectivity index is 1.89. The molecule has 3 rings (SSSR count). The molecule has 1 aromatic carbocycles. The van der Waals surface area contributed by atoms with Gasteiger partial charge in [0.1, 0.15) is 5.03 Å². The Bertz CT molecular complexity index is 799.